The molecule has 1 amide bonds. The summed E-state index contributed by atoms with van der Waals surface area (Å²) in [6.45, 7) is 5.08. The van der Waals surface area contributed by atoms with Crippen molar-refractivity contribution in [1.29, 1.82) is 5.26 Å². The highest BCUT2D eigenvalue weighted by Gasteiger charge is 2.50. The van der Waals surface area contributed by atoms with Gasteiger partial charge in [0.05, 0.1) is 22.9 Å². The molecule has 4 nitrogen and oxygen atoms in total. The number of carbonyl (C=O) groups excluding carboxylic acids is 1. The third kappa shape index (κ3) is 3.12. The Morgan fingerprint density at radius 1 is 1.07 bits per heavy atom. The zero-order valence-electron chi connectivity index (χ0n) is 15.3. The fourth-order valence-corrected chi connectivity index (χ4v) is 3.69. The minimum atomic E-state index is -4.44. The van der Waals surface area contributed by atoms with Crippen LogP contribution in [0, 0.1) is 18.3 Å². The van der Waals surface area contributed by atoms with Gasteiger partial charge in [0.2, 0.25) is 0 Å². The van der Waals surface area contributed by atoms with E-state index in [9.17, 15) is 18.0 Å². The SMILES string of the molecule is Cc1cc(N2C(=O)C(C)(C)N(c3ccc(C(F)(F)F)cc3)C2=S)ccc1C#N. The lowest BCUT2D eigenvalue weighted by Gasteiger charge is -2.29. The maximum atomic E-state index is 13.1. The number of hydrogen-bond donors (Lipinski definition) is 0. The van der Waals surface area contributed by atoms with Gasteiger partial charge in [-0.15, -0.1) is 0 Å². The normalized spacial score (nSPS) is 16.5. The van der Waals surface area contributed by atoms with E-state index in [0.717, 1.165) is 12.1 Å². The molecule has 1 fully saturated rings. The number of nitrogens with zero attached hydrogens (tertiary/aromatic N) is 3. The number of aryl methyl sites for hydroxylation is 1. The lowest BCUT2D eigenvalue weighted by molar-refractivity contribution is -0.137. The van der Waals surface area contributed by atoms with Crippen molar-refractivity contribution in [3.05, 3.63) is 59.2 Å². The molecule has 0 unspecified atom stereocenters. The molecule has 1 aliphatic heterocycles. The molecule has 0 radical (unpaired) electrons. The van der Waals surface area contributed by atoms with Gasteiger partial charge in [0.1, 0.15) is 5.54 Å². The topological polar surface area (TPSA) is 47.3 Å². The molecule has 1 heterocycles. The molecular formula is C20H16F3N3OS. The van der Waals surface area contributed by atoms with E-state index in [0.29, 0.717) is 22.5 Å². The van der Waals surface area contributed by atoms with Crippen LogP contribution in [0.2, 0.25) is 0 Å². The molecule has 0 aromatic heterocycles. The molecule has 1 aliphatic rings. The van der Waals surface area contributed by atoms with E-state index < -0.39 is 17.3 Å². The summed E-state index contributed by atoms with van der Waals surface area (Å²) in [5.74, 6) is -0.304. The van der Waals surface area contributed by atoms with E-state index in [1.165, 1.54) is 17.0 Å². The fourth-order valence-electron chi connectivity index (χ4n) is 3.17. The van der Waals surface area contributed by atoms with Gasteiger partial charge in [-0.1, -0.05) is 0 Å². The van der Waals surface area contributed by atoms with Crippen molar-refractivity contribution in [3.63, 3.8) is 0 Å². The lowest BCUT2D eigenvalue weighted by atomic mass is 10.0. The Labute approximate surface area is 165 Å². The number of carbonyl (C=O) groups is 1. The third-order valence-corrected chi connectivity index (χ3v) is 5.07. The molecule has 28 heavy (non-hydrogen) atoms. The Morgan fingerprint density at radius 3 is 2.14 bits per heavy atom. The minimum absolute atomic E-state index is 0.166. The smallest absolute Gasteiger partial charge is 0.304 e. The quantitative estimate of drug-likeness (QED) is 0.676. The van der Waals surface area contributed by atoms with Gasteiger partial charge in [0.15, 0.2) is 5.11 Å². The lowest BCUT2D eigenvalue weighted by Crippen LogP contribution is -2.44. The average molecular weight is 403 g/mol. The molecule has 0 atom stereocenters. The number of nitriles is 1. The molecule has 8 heteroatoms. The van der Waals surface area contributed by atoms with Crippen LogP contribution in [0.5, 0.6) is 0 Å². The summed E-state index contributed by atoms with van der Waals surface area (Å²) in [4.78, 5) is 16.0. The van der Waals surface area contributed by atoms with Gasteiger partial charge < -0.3 is 4.90 Å². The number of alkyl halides is 3. The third-order valence-electron chi connectivity index (χ3n) is 4.71. The van der Waals surface area contributed by atoms with E-state index in [1.807, 2.05) is 0 Å². The highest BCUT2D eigenvalue weighted by Crippen LogP contribution is 2.38. The van der Waals surface area contributed by atoms with Crippen LogP contribution < -0.4 is 9.80 Å². The molecule has 0 aliphatic carbocycles. The zero-order chi connectivity index (χ0) is 20.9. The number of thiocarbonyl (C=S) groups is 1. The van der Waals surface area contributed by atoms with Gasteiger partial charge in [0.25, 0.3) is 5.91 Å². The van der Waals surface area contributed by atoms with Crippen molar-refractivity contribution in [3.8, 4) is 6.07 Å². The molecule has 0 N–H and O–H groups in total. The molecule has 2 aromatic carbocycles. The predicted octanol–water partition coefficient (Wildman–Crippen LogP) is 4.80. The van der Waals surface area contributed by atoms with Crippen molar-refractivity contribution < 1.29 is 18.0 Å². The van der Waals surface area contributed by atoms with Gasteiger partial charge in [-0.25, -0.2) is 0 Å². The van der Waals surface area contributed by atoms with E-state index in [2.05, 4.69) is 6.07 Å². The molecule has 0 bridgehead atoms. The maximum absolute atomic E-state index is 13.1. The summed E-state index contributed by atoms with van der Waals surface area (Å²) >= 11 is 5.51. The number of halogens is 3. The second-order valence-corrected chi connectivity index (χ2v) is 7.34. The number of amides is 1. The van der Waals surface area contributed by atoms with Crippen LogP contribution in [0.3, 0.4) is 0 Å². The second-order valence-electron chi connectivity index (χ2n) is 6.97. The van der Waals surface area contributed by atoms with E-state index in [1.54, 1.807) is 43.9 Å². The molecule has 0 spiro atoms. The van der Waals surface area contributed by atoms with Crippen LogP contribution in [0.4, 0.5) is 24.5 Å². The second kappa shape index (κ2) is 6.60. The molecular weight excluding hydrogens is 387 g/mol. The maximum Gasteiger partial charge on any atom is 0.416 e. The van der Waals surface area contributed by atoms with E-state index >= 15 is 0 Å². The van der Waals surface area contributed by atoms with Gasteiger partial charge >= 0.3 is 6.18 Å². The first-order chi connectivity index (χ1) is 13.0. The Bertz CT molecular complexity index is 1010. The van der Waals surface area contributed by atoms with Crippen LogP contribution in [-0.2, 0) is 11.0 Å². The first-order valence-corrected chi connectivity index (χ1v) is 8.76. The molecule has 0 saturated carbocycles. The summed E-state index contributed by atoms with van der Waals surface area (Å²) in [6, 6.07) is 11.5. The Morgan fingerprint density at radius 2 is 1.64 bits per heavy atom. The van der Waals surface area contributed by atoms with Crippen molar-refractivity contribution in [2.45, 2.75) is 32.5 Å². The van der Waals surface area contributed by atoms with Crippen molar-refractivity contribution >= 4 is 34.6 Å². The molecule has 3 rings (SSSR count). The number of anilines is 2. The summed E-state index contributed by atoms with van der Waals surface area (Å²) in [5, 5.41) is 9.25. The standard InChI is InChI=1S/C20H16F3N3OS/c1-12-10-16(7-4-13(12)11-24)25-17(27)19(2,3)26(18(25)28)15-8-5-14(6-9-15)20(21,22)23/h4-10H,1-3H3. The Hall–Kier alpha value is -2.92. The minimum Gasteiger partial charge on any atom is -0.304 e. The van der Waals surface area contributed by atoms with Crippen LogP contribution >= 0.6 is 12.2 Å². The number of rotatable bonds is 2. The molecule has 1 saturated heterocycles. The van der Waals surface area contributed by atoms with Crippen molar-refractivity contribution in [2.75, 3.05) is 9.80 Å². The van der Waals surface area contributed by atoms with Crippen molar-refractivity contribution in [2.24, 2.45) is 0 Å². The summed E-state index contributed by atoms with van der Waals surface area (Å²) in [6.07, 6.45) is -4.44. The molecule has 144 valence electrons. The summed E-state index contributed by atoms with van der Waals surface area (Å²) in [7, 11) is 0. The van der Waals surface area contributed by atoms with Crippen LogP contribution in [0.25, 0.3) is 0 Å². The van der Waals surface area contributed by atoms with E-state index in [-0.39, 0.29) is 11.0 Å². The van der Waals surface area contributed by atoms with Gasteiger partial charge in [0, 0.05) is 5.69 Å². The van der Waals surface area contributed by atoms with Gasteiger partial charge in [-0.2, -0.15) is 18.4 Å². The summed E-state index contributed by atoms with van der Waals surface area (Å²) in [5.41, 5.74) is 0.225. The zero-order valence-corrected chi connectivity index (χ0v) is 16.1. The Kier molecular flexibility index (Phi) is 4.68. The van der Waals surface area contributed by atoms with Crippen LogP contribution in [-0.4, -0.2) is 16.6 Å². The van der Waals surface area contributed by atoms with Crippen LogP contribution in [0.15, 0.2) is 42.5 Å². The van der Waals surface area contributed by atoms with Crippen LogP contribution in [0.1, 0.15) is 30.5 Å². The average Bonchev–Trinajstić information content (AvgIpc) is 2.79. The number of benzene rings is 2. The highest BCUT2D eigenvalue weighted by molar-refractivity contribution is 7.81. The monoisotopic (exact) mass is 403 g/mol. The van der Waals surface area contributed by atoms with Gasteiger partial charge in [-0.05, 0) is 81.0 Å². The first-order valence-electron chi connectivity index (χ1n) is 8.35. The molecule has 2 aromatic rings. The largest absolute Gasteiger partial charge is 0.416 e. The summed E-state index contributed by atoms with van der Waals surface area (Å²) < 4.78 is 38.5. The van der Waals surface area contributed by atoms with Gasteiger partial charge in [-0.3, -0.25) is 9.69 Å². The number of hydrogen-bond acceptors (Lipinski definition) is 3. The van der Waals surface area contributed by atoms with E-state index in [4.69, 9.17) is 17.5 Å². The fraction of sp³-hybridized carbons (Fsp3) is 0.250. The Balaban J connectivity index is 2.03. The highest BCUT2D eigenvalue weighted by atomic mass is 32.1. The first kappa shape index (κ1) is 19.8. The predicted molar refractivity (Wildman–Crippen MR) is 104 cm³/mol. The van der Waals surface area contributed by atoms with Crippen molar-refractivity contribution in [1.82, 2.24) is 0 Å².